The molecule has 0 nitrogen and oxygen atoms in total. The molecule has 92 valence electrons. The first kappa shape index (κ1) is 11.7. The van der Waals surface area contributed by atoms with Gasteiger partial charge < -0.3 is 0 Å². The summed E-state index contributed by atoms with van der Waals surface area (Å²) in [4.78, 5) is 0.410. The van der Waals surface area contributed by atoms with E-state index in [-0.39, 0.29) is 5.82 Å². The van der Waals surface area contributed by atoms with E-state index in [9.17, 15) is 4.39 Å². The third-order valence-corrected chi connectivity index (χ3v) is 5.75. The molecule has 1 aromatic rings. The minimum absolute atomic E-state index is 0.0530. The molecule has 3 rings (SSSR count). The van der Waals surface area contributed by atoms with Gasteiger partial charge >= 0.3 is 0 Å². The van der Waals surface area contributed by atoms with E-state index in [1.54, 1.807) is 0 Å². The third kappa shape index (κ3) is 2.05. The summed E-state index contributed by atoms with van der Waals surface area (Å²) in [5, 5.41) is 0. The summed E-state index contributed by atoms with van der Waals surface area (Å²) in [5.74, 6) is 2.70. The second kappa shape index (κ2) is 4.08. The van der Waals surface area contributed by atoms with Crippen molar-refractivity contribution in [3.05, 3.63) is 34.6 Å². The van der Waals surface area contributed by atoms with E-state index in [0.717, 1.165) is 28.9 Å². The van der Waals surface area contributed by atoms with Gasteiger partial charge in [0.05, 0.1) is 0 Å². The molecule has 3 atom stereocenters. The lowest BCUT2D eigenvalue weighted by Crippen LogP contribution is -2.06. The summed E-state index contributed by atoms with van der Waals surface area (Å²) in [7, 11) is 0. The molecule has 2 aliphatic carbocycles. The lowest BCUT2D eigenvalue weighted by molar-refractivity contribution is 0.481. The van der Waals surface area contributed by atoms with Gasteiger partial charge in [-0.25, -0.2) is 4.39 Å². The maximum absolute atomic E-state index is 13.6. The molecule has 0 amide bonds. The van der Waals surface area contributed by atoms with E-state index < -0.39 is 0 Å². The third-order valence-electron chi connectivity index (χ3n) is 4.47. The quantitative estimate of drug-likeness (QED) is 0.679. The normalized spacial score (nSPS) is 32.4. The standard InChI is InChI=1S/C15H18BrF/c1-8-3-12(4-9(2)15(8)17)14(16)13-6-10-5-11(10)7-13/h3-4,10-11,13-14H,5-7H2,1-2H3. The average Bonchev–Trinajstić information content (AvgIpc) is 2.91. The Kier molecular flexibility index (Phi) is 2.81. The van der Waals surface area contributed by atoms with Crippen LogP contribution in [0.3, 0.4) is 0 Å². The fourth-order valence-electron chi connectivity index (χ4n) is 3.41. The van der Waals surface area contributed by atoms with Crippen LogP contribution < -0.4 is 0 Å². The molecule has 17 heavy (non-hydrogen) atoms. The fraction of sp³-hybridized carbons (Fsp3) is 0.600. The van der Waals surface area contributed by atoms with E-state index in [4.69, 9.17) is 0 Å². The van der Waals surface area contributed by atoms with Gasteiger partial charge in [-0.1, -0.05) is 28.1 Å². The Morgan fingerprint density at radius 1 is 1.12 bits per heavy atom. The number of rotatable bonds is 2. The first-order chi connectivity index (χ1) is 8.06. The molecule has 3 unspecified atom stereocenters. The number of halogens is 2. The highest BCUT2D eigenvalue weighted by Crippen LogP contribution is 2.58. The first-order valence-electron chi connectivity index (χ1n) is 6.47. The van der Waals surface area contributed by atoms with Crippen molar-refractivity contribution in [2.75, 3.05) is 0 Å². The molecule has 2 aliphatic rings. The first-order valence-corrected chi connectivity index (χ1v) is 7.38. The zero-order valence-electron chi connectivity index (χ0n) is 10.3. The molecule has 0 radical (unpaired) electrons. The fourth-order valence-corrected chi connectivity index (χ4v) is 4.11. The van der Waals surface area contributed by atoms with Crippen LogP contribution in [0.4, 0.5) is 4.39 Å². The van der Waals surface area contributed by atoms with Crippen LogP contribution >= 0.6 is 15.9 Å². The lowest BCUT2D eigenvalue weighted by atomic mass is 9.93. The molecule has 2 fully saturated rings. The Morgan fingerprint density at radius 3 is 2.18 bits per heavy atom. The topological polar surface area (TPSA) is 0 Å². The Hall–Kier alpha value is -0.370. The largest absolute Gasteiger partial charge is 0.206 e. The molecular weight excluding hydrogens is 279 g/mol. The number of alkyl halides is 1. The molecule has 0 heterocycles. The van der Waals surface area contributed by atoms with Crippen LogP contribution in [0.5, 0.6) is 0 Å². The number of hydrogen-bond acceptors (Lipinski definition) is 0. The van der Waals surface area contributed by atoms with Crippen LogP contribution in [0.25, 0.3) is 0 Å². The van der Waals surface area contributed by atoms with Gasteiger partial charge in [0.2, 0.25) is 0 Å². The van der Waals surface area contributed by atoms with Crippen LogP contribution in [0, 0.1) is 37.4 Å². The molecule has 0 bridgehead atoms. The predicted molar refractivity (Wildman–Crippen MR) is 71.9 cm³/mol. The van der Waals surface area contributed by atoms with Gasteiger partial charge in [0, 0.05) is 4.83 Å². The van der Waals surface area contributed by atoms with Gasteiger partial charge in [0.1, 0.15) is 5.82 Å². The number of hydrogen-bond donors (Lipinski definition) is 0. The van der Waals surface area contributed by atoms with Crippen molar-refractivity contribution >= 4 is 15.9 Å². The predicted octanol–water partition coefficient (Wildman–Crippen LogP) is 4.92. The van der Waals surface area contributed by atoms with E-state index in [1.807, 2.05) is 26.0 Å². The SMILES string of the molecule is Cc1cc(C(Br)C2CC3CC3C2)cc(C)c1F. The summed E-state index contributed by atoms with van der Waals surface area (Å²) >= 11 is 3.83. The molecule has 1 aromatic carbocycles. The molecule has 2 saturated carbocycles. The van der Waals surface area contributed by atoms with Crippen LogP contribution in [0.1, 0.15) is 40.8 Å². The van der Waals surface area contributed by atoms with E-state index in [1.165, 1.54) is 24.8 Å². The number of aryl methyl sites for hydroxylation is 2. The minimum Gasteiger partial charge on any atom is -0.206 e. The smallest absolute Gasteiger partial charge is 0.129 e. The molecule has 0 N–H and O–H groups in total. The van der Waals surface area contributed by atoms with Gasteiger partial charge in [-0.15, -0.1) is 0 Å². The summed E-state index contributed by atoms with van der Waals surface area (Å²) in [6.07, 6.45) is 4.17. The van der Waals surface area contributed by atoms with E-state index in [0.29, 0.717) is 4.83 Å². The summed E-state index contributed by atoms with van der Waals surface area (Å²) < 4.78 is 13.6. The zero-order valence-corrected chi connectivity index (χ0v) is 11.9. The highest BCUT2D eigenvalue weighted by molar-refractivity contribution is 9.09. The van der Waals surface area contributed by atoms with Crippen molar-refractivity contribution < 1.29 is 4.39 Å². The maximum Gasteiger partial charge on any atom is 0.129 e. The monoisotopic (exact) mass is 296 g/mol. The van der Waals surface area contributed by atoms with Crippen LogP contribution in [-0.2, 0) is 0 Å². The Bertz CT molecular complexity index is 421. The Balaban J connectivity index is 1.83. The molecular formula is C15H18BrF. The summed E-state index contributed by atoms with van der Waals surface area (Å²) in [6.45, 7) is 3.72. The molecule has 2 heteroatoms. The second-order valence-corrected chi connectivity index (χ2v) is 6.84. The summed E-state index contributed by atoms with van der Waals surface area (Å²) in [6, 6.07) is 4.01. The van der Waals surface area contributed by atoms with Gasteiger partial charge in [0.15, 0.2) is 0 Å². The highest BCUT2D eigenvalue weighted by atomic mass is 79.9. The molecule has 0 saturated heterocycles. The van der Waals surface area contributed by atoms with Crippen molar-refractivity contribution in [3.63, 3.8) is 0 Å². The van der Waals surface area contributed by atoms with Crippen molar-refractivity contribution in [1.82, 2.24) is 0 Å². The Morgan fingerprint density at radius 2 is 1.65 bits per heavy atom. The minimum atomic E-state index is -0.0530. The van der Waals surface area contributed by atoms with Gasteiger partial charge in [-0.3, -0.25) is 0 Å². The van der Waals surface area contributed by atoms with Crippen LogP contribution in [0.2, 0.25) is 0 Å². The zero-order chi connectivity index (χ0) is 12.2. The summed E-state index contributed by atoms with van der Waals surface area (Å²) in [5.41, 5.74) is 2.80. The van der Waals surface area contributed by atoms with Gasteiger partial charge in [-0.2, -0.15) is 0 Å². The van der Waals surface area contributed by atoms with Crippen LogP contribution in [-0.4, -0.2) is 0 Å². The second-order valence-electron chi connectivity index (χ2n) is 5.86. The van der Waals surface area contributed by atoms with Crippen molar-refractivity contribution in [2.45, 2.75) is 37.9 Å². The van der Waals surface area contributed by atoms with Crippen molar-refractivity contribution in [3.8, 4) is 0 Å². The van der Waals surface area contributed by atoms with Crippen molar-refractivity contribution in [1.29, 1.82) is 0 Å². The lowest BCUT2D eigenvalue weighted by Gasteiger charge is -2.20. The molecule has 0 aliphatic heterocycles. The van der Waals surface area contributed by atoms with Gasteiger partial charge in [-0.05, 0) is 67.6 Å². The van der Waals surface area contributed by atoms with Gasteiger partial charge in [0.25, 0.3) is 0 Å². The molecule has 0 aromatic heterocycles. The van der Waals surface area contributed by atoms with Crippen molar-refractivity contribution in [2.24, 2.45) is 17.8 Å². The number of fused-ring (bicyclic) bond motifs is 1. The van der Waals surface area contributed by atoms with E-state index >= 15 is 0 Å². The Labute approximate surface area is 111 Å². The maximum atomic E-state index is 13.6. The van der Waals surface area contributed by atoms with Crippen LogP contribution in [0.15, 0.2) is 12.1 Å². The molecule has 0 spiro atoms. The number of benzene rings is 1. The average molecular weight is 297 g/mol. The highest BCUT2D eigenvalue weighted by Gasteiger charge is 2.47. The van der Waals surface area contributed by atoms with E-state index in [2.05, 4.69) is 15.9 Å².